The second-order valence-corrected chi connectivity index (χ2v) is 0.826. The van der Waals surface area contributed by atoms with Crippen LogP contribution in [0.5, 0.6) is 0 Å². The summed E-state index contributed by atoms with van der Waals surface area (Å²) in [6.07, 6.45) is 2.20. The number of hydrogen-bond donors (Lipinski definition) is 0. The normalized spacial score (nSPS) is 7.86. The molecule has 1 aromatic heterocycles. The summed E-state index contributed by atoms with van der Waals surface area (Å²) in [5.41, 5.74) is 0. The molecule has 0 aliphatic carbocycles. The van der Waals surface area contributed by atoms with Crippen molar-refractivity contribution in [2.75, 3.05) is 0 Å². The van der Waals surface area contributed by atoms with Crippen LogP contribution in [-0.4, -0.2) is 10.4 Å². The van der Waals surface area contributed by atoms with Gasteiger partial charge in [0.1, 0.15) is 6.07 Å². The van der Waals surface area contributed by atoms with Crippen molar-refractivity contribution in [2.24, 2.45) is 0 Å². The van der Waals surface area contributed by atoms with E-state index in [0.29, 0.717) is 0 Å². The van der Waals surface area contributed by atoms with Crippen molar-refractivity contribution in [3.8, 4) is 6.07 Å². The third-order valence-corrected chi connectivity index (χ3v) is 0.426. The highest BCUT2D eigenvalue weighted by molar-refractivity contribution is 5.06. The van der Waals surface area contributed by atoms with Crippen LogP contribution in [-0.2, 0) is 0 Å². The van der Waals surface area contributed by atoms with Crippen LogP contribution in [0.15, 0.2) is 4.52 Å². The quantitative estimate of drug-likeness (QED) is 0.444. The van der Waals surface area contributed by atoms with Gasteiger partial charge >= 0.3 is 0 Å². The van der Waals surface area contributed by atoms with Gasteiger partial charge < -0.3 is 4.52 Å². The van der Waals surface area contributed by atoms with Gasteiger partial charge in [-0.05, 0) is 0 Å². The van der Waals surface area contributed by atoms with Gasteiger partial charge in [-0.25, -0.2) is 0 Å². The predicted molar refractivity (Wildman–Crippen MR) is 17.8 cm³/mol. The topological polar surface area (TPSA) is 62.7 Å². The number of hydrogen-bond acceptors (Lipinski definition) is 4. The Morgan fingerprint density at radius 2 is 2.71 bits per heavy atom. The number of rotatable bonds is 0. The molecule has 33 valence electrons. The minimum atomic E-state index is 0.0139. The third kappa shape index (κ3) is 0.550. The maximum absolute atomic E-state index is 7.97. The molecule has 0 bridgehead atoms. The number of nitrogens with zero attached hydrogens (tertiary/aromatic N) is 3. The Morgan fingerprint density at radius 1 is 1.86 bits per heavy atom. The minimum Gasteiger partial charge on any atom is -0.325 e. The zero-order valence-corrected chi connectivity index (χ0v) is 3.25. The maximum Gasteiger partial charge on any atom is 0.266 e. The van der Waals surface area contributed by atoms with Gasteiger partial charge in [-0.15, -0.1) is 5.10 Å². The summed E-state index contributed by atoms with van der Waals surface area (Å²) in [6, 6.07) is 1.66. The lowest BCUT2D eigenvalue weighted by atomic mass is 10.6. The number of nitriles is 1. The fraction of sp³-hybridized carbons (Fsp3) is 0. The van der Waals surface area contributed by atoms with E-state index in [4.69, 9.17) is 5.26 Å². The van der Waals surface area contributed by atoms with E-state index in [1.165, 1.54) is 0 Å². The SMILES string of the molecule is N#Cc1[c]nno1. The van der Waals surface area contributed by atoms with Crippen LogP contribution < -0.4 is 0 Å². The summed E-state index contributed by atoms with van der Waals surface area (Å²) in [7, 11) is 0. The molecule has 1 heterocycles. The molecule has 0 aromatic carbocycles. The van der Waals surface area contributed by atoms with Crippen molar-refractivity contribution in [2.45, 2.75) is 0 Å². The van der Waals surface area contributed by atoms with Gasteiger partial charge in [0.05, 0.1) is 0 Å². The number of aromatic nitrogens is 2. The molecule has 0 atom stereocenters. The van der Waals surface area contributed by atoms with E-state index in [1.54, 1.807) is 6.07 Å². The second-order valence-electron chi connectivity index (χ2n) is 0.826. The van der Waals surface area contributed by atoms with Crippen LogP contribution in [0.25, 0.3) is 0 Å². The Morgan fingerprint density at radius 3 is 3.00 bits per heavy atom. The molecule has 7 heavy (non-hydrogen) atoms. The highest BCUT2D eigenvalue weighted by Crippen LogP contribution is 1.84. The molecule has 4 nitrogen and oxygen atoms in total. The van der Waals surface area contributed by atoms with Crippen molar-refractivity contribution >= 4 is 0 Å². The van der Waals surface area contributed by atoms with Crippen molar-refractivity contribution < 1.29 is 4.52 Å². The smallest absolute Gasteiger partial charge is 0.266 e. The first-order valence-corrected chi connectivity index (χ1v) is 1.53. The average molecular weight is 94.1 g/mol. The van der Waals surface area contributed by atoms with E-state index in [2.05, 4.69) is 21.1 Å². The molecular formula is C3N3O. The summed E-state index contributed by atoms with van der Waals surface area (Å²) >= 11 is 0. The highest BCUT2D eigenvalue weighted by Gasteiger charge is 1.90. The van der Waals surface area contributed by atoms with Crippen molar-refractivity contribution in [3.05, 3.63) is 12.0 Å². The van der Waals surface area contributed by atoms with Crippen LogP contribution in [0.2, 0.25) is 0 Å². The van der Waals surface area contributed by atoms with Crippen LogP contribution in [0.3, 0.4) is 0 Å². The molecule has 0 fully saturated rings. The van der Waals surface area contributed by atoms with Crippen molar-refractivity contribution in [3.63, 3.8) is 0 Å². The zero-order valence-electron chi connectivity index (χ0n) is 3.25. The molecule has 1 radical (unpaired) electrons. The van der Waals surface area contributed by atoms with Crippen LogP contribution in [0.4, 0.5) is 0 Å². The molecule has 0 amide bonds. The van der Waals surface area contributed by atoms with E-state index >= 15 is 0 Å². The van der Waals surface area contributed by atoms with E-state index < -0.39 is 0 Å². The van der Waals surface area contributed by atoms with E-state index in [0.717, 1.165) is 0 Å². The summed E-state index contributed by atoms with van der Waals surface area (Å²) < 4.78 is 4.20. The van der Waals surface area contributed by atoms with Crippen LogP contribution in [0, 0.1) is 17.5 Å². The lowest BCUT2D eigenvalue weighted by Gasteiger charge is -1.58. The van der Waals surface area contributed by atoms with Gasteiger partial charge in [0, 0.05) is 5.27 Å². The molecular weight excluding hydrogens is 94.1 g/mol. The molecule has 0 aliphatic rings. The second kappa shape index (κ2) is 1.39. The van der Waals surface area contributed by atoms with Crippen LogP contribution >= 0.6 is 0 Å². The van der Waals surface area contributed by atoms with Gasteiger partial charge in [-0.3, -0.25) is 0 Å². The summed E-state index contributed by atoms with van der Waals surface area (Å²) in [4.78, 5) is 0. The Hall–Kier alpha value is -1.37. The zero-order chi connectivity index (χ0) is 5.11. The highest BCUT2D eigenvalue weighted by atomic mass is 16.5. The fourth-order valence-corrected chi connectivity index (χ4v) is 0.193. The Balaban J connectivity index is 3.04. The minimum absolute atomic E-state index is 0.0139. The molecule has 1 aromatic rings. The van der Waals surface area contributed by atoms with Crippen molar-refractivity contribution in [1.82, 2.24) is 10.4 Å². The molecule has 0 saturated carbocycles. The van der Waals surface area contributed by atoms with Gasteiger partial charge in [-0.1, -0.05) is 0 Å². The molecule has 0 saturated heterocycles. The average Bonchev–Trinajstić information content (AvgIpc) is 2.14. The molecule has 1 rings (SSSR count). The molecule has 0 unspecified atom stereocenters. The Labute approximate surface area is 39.3 Å². The lowest BCUT2D eigenvalue weighted by Crippen LogP contribution is -1.57. The molecule has 4 heteroatoms. The first-order valence-electron chi connectivity index (χ1n) is 1.53. The lowest BCUT2D eigenvalue weighted by molar-refractivity contribution is 0.384. The standard InChI is InChI=1S/C3N3O/c4-1-3-2-5-6-7-3. The Bertz CT molecular complexity index is 173. The fourth-order valence-electron chi connectivity index (χ4n) is 0.193. The first-order chi connectivity index (χ1) is 3.43. The van der Waals surface area contributed by atoms with E-state index in [1.807, 2.05) is 0 Å². The van der Waals surface area contributed by atoms with E-state index in [-0.39, 0.29) is 5.76 Å². The summed E-state index contributed by atoms with van der Waals surface area (Å²) in [5.74, 6) is 0.0139. The molecule has 0 spiro atoms. The summed E-state index contributed by atoms with van der Waals surface area (Å²) in [6.45, 7) is 0. The third-order valence-electron chi connectivity index (χ3n) is 0.426. The largest absolute Gasteiger partial charge is 0.325 e. The molecule has 0 N–H and O–H groups in total. The first kappa shape index (κ1) is 3.81. The molecule has 0 aliphatic heterocycles. The maximum atomic E-state index is 7.97. The van der Waals surface area contributed by atoms with Gasteiger partial charge in [-0.2, -0.15) is 5.26 Å². The van der Waals surface area contributed by atoms with Crippen LogP contribution in [0.1, 0.15) is 5.76 Å². The van der Waals surface area contributed by atoms with Crippen molar-refractivity contribution in [1.29, 1.82) is 5.26 Å². The van der Waals surface area contributed by atoms with Gasteiger partial charge in [0.2, 0.25) is 0 Å². The van der Waals surface area contributed by atoms with Gasteiger partial charge in [0.25, 0.3) is 5.76 Å². The van der Waals surface area contributed by atoms with E-state index in [9.17, 15) is 0 Å². The predicted octanol–water partition coefficient (Wildman–Crippen LogP) is -0.259. The van der Waals surface area contributed by atoms with Gasteiger partial charge in [0.15, 0.2) is 6.20 Å². The summed E-state index contributed by atoms with van der Waals surface area (Å²) in [5, 5.41) is 14.1. The monoisotopic (exact) mass is 94.0 g/mol. The Kier molecular flexibility index (Phi) is 0.755.